The summed E-state index contributed by atoms with van der Waals surface area (Å²) in [6.45, 7) is 9.18. The Morgan fingerprint density at radius 3 is 2.46 bits per heavy atom. The summed E-state index contributed by atoms with van der Waals surface area (Å²) in [5.41, 5.74) is 2.30. The van der Waals surface area contributed by atoms with Crippen molar-refractivity contribution in [3.63, 3.8) is 0 Å². The summed E-state index contributed by atoms with van der Waals surface area (Å²) in [7, 11) is 1.38. The number of benzene rings is 1. The Morgan fingerprint density at radius 1 is 1.15 bits per heavy atom. The zero-order chi connectivity index (χ0) is 18.5. The van der Waals surface area contributed by atoms with Crippen molar-refractivity contribution >= 4 is 23.4 Å². The van der Waals surface area contributed by atoms with Crippen molar-refractivity contribution in [1.29, 1.82) is 0 Å². The highest BCUT2D eigenvalue weighted by atomic mass is 16.5. The molecule has 3 rings (SSSR count). The molecule has 26 heavy (non-hydrogen) atoms. The second kappa shape index (κ2) is 8.14. The number of aromatic nitrogens is 2. The van der Waals surface area contributed by atoms with Crippen molar-refractivity contribution in [2.75, 3.05) is 50.1 Å². The van der Waals surface area contributed by atoms with E-state index in [2.05, 4.69) is 32.0 Å². The highest BCUT2D eigenvalue weighted by molar-refractivity contribution is 5.89. The lowest BCUT2D eigenvalue weighted by atomic mass is 10.2. The van der Waals surface area contributed by atoms with Crippen LogP contribution in [0.3, 0.4) is 0 Å². The fourth-order valence-corrected chi connectivity index (χ4v) is 2.98. The van der Waals surface area contributed by atoms with Crippen molar-refractivity contribution in [1.82, 2.24) is 14.9 Å². The number of ether oxygens (including phenoxy) is 1. The summed E-state index contributed by atoms with van der Waals surface area (Å²) in [6, 6.07) is 9.05. The quantitative estimate of drug-likeness (QED) is 0.826. The summed E-state index contributed by atoms with van der Waals surface area (Å²) in [4.78, 5) is 25.4. The van der Waals surface area contributed by atoms with Gasteiger partial charge in [-0.15, -0.1) is 0 Å². The largest absolute Gasteiger partial charge is 0.465 e. The van der Waals surface area contributed by atoms with E-state index in [1.165, 1.54) is 7.11 Å². The van der Waals surface area contributed by atoms with Crippen molar-refractivity contribution in [2.45, 2.75) is 13.8 Å². The molecule has 1 aliphatic rings. The van der Waals surface area contributed by atoms with E-state index in [1.807, 2.05) is 25.1 Å². The number of nitrogens with zero attached hydrogens (tertiary/aromatic N) is 4. The normalized spacial score (nSPS) is 15.0. The maximum absolute atomic E-state index is 11.5. The number of nitrogens with one attached hydrogen (secondary N) is 1. The molecule has 1 aromatic carbocycles. The minimum absolute atomic E-state index is 0.345. The van der Waals surface area contributed by atoms with Crippen LogP contribution >= 0.6 is 0 Å². The molecule has 1 aromatic heterocycles. The molecule has 138 valence electrons. The van der Waals surface area contributed by atoms with Crippen LogP contribution in [-0.2, 0) is 4.74 Å². The molecular formula is C19H25N5O2. The van der Waals surface area contributed by atoms with Gasteiger partial charge in [-0.25, -0.2) is 9.78 Å². The summed E-state index contributed by atoms with van der Waals surface area (Å²) >= 11 is 0. The van der Waals surface area contributed by atoms with E-state index < -0.39 is 0 Å². The molecule has 0 atom stereocenters. The molecule has 0 radical (unpaired) electrons. The van der Waals surface area contributed by atoms with Gasteiger partial charge in [0.25, 0.3) is 0 Å². The van der Waals surface area contributed by atoms with E-state index in [9.17, 15) is 4.79 Å². The average Bonchev–Trinajstić information content (AvgIpc) is 2.67. The number of hydrogen-bond donors (Lipinski definition) is 1. The first-order valence-electron chi connectivity index (χ1n) is 8.87. The lowest BCUT2D eigenvalue weighted by molar-refractivity contribution is 0.0601. The minimum atomic E-state index is -0.345. The standard InChI is InChI=1S/C19H25N5O2/c1-4-23-9-11-24(12-10-23)19-20-14(2)13-17(22-19)21-16-7-5-15(6-8-16)18(25)26-3/h5-8,13H,4,9-12H2,1-3H3,(H,20,21,22). The van der Waals surface area contributed by atoms with Gasteiger partial charge in [0.1, 0.15) is 5.82 Å². The van der Waals surface area contributed by atoms with Crippen LogP contribution in [0.1, 0.15) is 23.0 Å². The summed E-state index contributed by atoms with van der Waals surface area (Å²) in [6.07, 6.45) is 0. The fraction of sp³-hybridized carbons (Fsp3) is 0.421. The molecule has 0 bridgehead atoms. The topological polar surface area (TPSA) is 70.6 Å². The van der Waals surface area contributed by atoms with Gasteiger partial charge in [-0.1, -0.05) is 6.92 Å². The number of rotatable bonds is 5. The van der Waals surface area contributed by atoms with E-state index in [0.29, 0.717) is 5.56 Å². The Kier molecular flexibility index (Phi) is 5.68. The van der Waals surface area contributed by atoms with Crippen molar-refractivity contribution < 1.29 is 9.53 Å². The third kappa shape index (κ3) is 4.29. The number of hydrogen-bond acceptors (Lipinski definition) is 7. The average molecular weight is 355 g/mol. The number of aryl methyl sites for hydroxylation is 1. The summed E-state index contributed by atoms with van der Waals surface area (Å²) in [5, 5.41) is 3.29. The zero-order valence-electron chi connectivity index (χ0n) is 15.5. The molecular weight excluding hydrogens is 330 g/mol. The Morgan fingerprint density at radius 2 is 1.85 bits per heavy atom. The van der Waals surface area contributed by atoms with Gasteiger partial charge in [0, 0.05) is 43.6 Å². The van der Waals surface area contributed by atoms with Crippen LogP contribution < -0.4 is 10.2 Å². The van der Waals surface area contributed by atoms with E-state index in [4.69, 9.17) is 4.74 Å². The predicted molar refractivity (Wildman–Crippen MR) is 102 cm³/mol. The highest BCUT2D eigenvalue weighted by Crippen LogP contribution is 2.20. The first-order chi connectivity index (χ1) is 12.6. The maximum atomic E-state index is 11.5. The van der Waals surface area contributed by atoms with E-state index >= 15 is 0 Å². The van der Waals surface area contributed by atoms with Gasteiger partial charge < -0.3 is 19.9 Å². The van der Waals surface area contributed by atoms with Gasteiger partial charge in [0.15, 0.2) is 0 Å². The van der Waals surface area contributed by atoms with Crippen molar-refractivity contribution in [3.05, 3.63) is 41.6 Å². The van der Waals surface area contributed by atoms with Crippen molar-refractivity contribution in [2.24, 2.45) is 0 Å². The Hall–Kier alpha value is -2.67. The zero-order valence-corrected chi connectivity index (χ0v) is 15.5. The second-order valence-corrected chi connectivity index (χ2v) is 6.31. The third-order valence-electron chi connectivity index (χ3n) is 4.52. The van der Waals surface area contributed by atoms with Crippen LogP contribution in [0.4, 0.5) is 17.5 Å². The summed E-state index contributed by atoms with van der Waals surface area (Å²) < 4.78 is 4.72. The first-order valence-corrected chi connectivity index (χ1v) is 8.87. The predicted octanol–water partition coefficient (Wildman–Crippen LogP) is 2.46. The van der Waals surface area contributed by atoms with Crippen LogP contribution in [0, 0.1) is 6.92 Å². The van der Waals surface area contributed by atoms with Gasteiger partial charge in [-0.2, -0.15) is 4.98 Å². The molecule has 2 heterocycles. The molecule has 0 aliphatic carbocycles. The molecule has 0 spiro atoms. The molecule has 2 aromatic rings. The fourth-order valence-electron chi connectivity index (χ4n) is 2.98. The van der Waals surface area contributed by atoms with Gasteiger partial charge in [0.2, 0.25) is 5.95 Å². The monoisotopic (exact) mass is 355 g/mol. The molecule has 7 heteroatoms. The molecule has 0 amide bonds. The molecule has 0 unspecified atom stereocenters. The number of piperazine rings is 1. The lowest BCUT2D eigenvalue weighted by Crippen LogP contribution is -2.46. The maximum Gasteiger partial charge on any atom is 0.337 e. The van der Waals surface area contributed by atoms with E-state index in [1.54, 1.807) is 12.1 Å². The smallest absolute Gasteiger partial charge is 0.337 e. The number of methoxy groups -OCH3 is 1. The van der Waals surface area contributed by atoms with Crippen LogP contribution in [0.25, 0.3) is 0 Å². The Labute approximate surface area is 154 Å². The van der Waals surface area contributed by atoms with E-state index in [-0.39, 0.29) is 5.97 Å². The van der Waals surface area contributed by atoms with Crippen molar-refractivity contribution in [3.8, 4) is 0 Å². The van der Waals surface area contributed by atoms with Crippen LogP contribution in [0.5, 0.6) is 0 Å². The molecule has 1 saturated heterocycles. The Bertz CT molecular complexity index is 755. The van der Waals surface area contributed by atoms with Gasteiger partial charge >= 0.3 is 5.97 Å². The number of esters is 1. The van der Waals surface area contributed by atoms with Gasteiger partial charge in [0.05, 0.1) is 12.7 Å². The second-order valence-electron chi connectivity index (χ2n) is 6.31. The summed E-state index contributed by atoms with van der Waals surface area (Å²) in [5.74, 6) is 1.16. The van der Waals surface area contributed by atoms with Gasteiger partial charge in [-0.3, -0.25) is 0 Å². The number of anilines is 3. The van der Waals surface area contributed by atoms with Gasteiger partial charge in [-0.05, 0) is 37.7 Å². The third-order valence-corrected chi connectivity index (χ3v) is 4.52. The molecule has 1 fully saturated rings. The SMILES string of the molecule is CCN1CCN(c2nc(C)cc(Nc3ccc(C(=O)OC)cc3)n2)CC1. The van der Waals surface area contributed by atoms with E-state index in [0.717, 1.165) is 55.9 Å². The minimum Gasteiger partial charge on any atom is -0.465 e. The molecule has 1 aliphatic heterocycles. The number of likely N-dealkylation sites (N-methyl/N-ethyl adjacent to an activating group) is 1. The van der Waals surface area contributed by atoms with Crippen LogP contribution in [-0.4, -0.2) is 60.7 Å². The molecule has 7 nitrogen and oxygen atoms in total. The van der Waals surface area contributed by atoms with Crippen LogP contribution in [0.2, 0.25) is 0 Å². The number of carbonyl (C=O) groups excluding carboxylic acids is 1. The highest BCUT2D eigenvalue weighted by Gasteiger charge is 2.18. The number of carbonyl (C=O) groups is 1. The Balaban J connectivity index is 1.72. The van der Waals surface area contributed by atoms with Crippen LogP contribution in [0.15, 0.2) is 30.3 Å². The lowest BCUT2D eigenvalue weighted by Gasteiger charge is -2.34. The first kappa shape index (κ1) is 18.1. The molecule has 0 saturated carbocycles. The molecule has 1 N–H and O–H groups in total.